The van der Waals surface area contributed by atoms with Crippen molar-refractivity contribution in [2.45, 2.75) is 95.9 Å². The van der Waals surface area contributed by atoms with E-state index in [-0.39, 0.29) is 22.8 Å². The second-order valence-electron chi connectivity index (χ2n) is 21.1. The van der Waals surface area contributed by atoms with Crippen molar-refractivity contribution in [3.63, 3.8) is 0 Å². The molecule has 5 aliphatic rings. The molecule has 0 saturated carbocycles. The molecule has 0 saturated heterocycles. The van der Waals surface area contributed by atoms with Crippen molar-refractivity contribution in [1.82, 2.24) is 4.57 Å². The van der Waals surface area contributed by atoms with Crippen molar-refractivity contribution in [2.75, 3.05) is 0 Å². The zero-order chi connectivity index (χ0) is 45.2. The minimum atomic E-state index is -0.227. The van der Waals surface area contributed by atoms with Gasteiger partial charge in [0.15, 0.2) is 0 Å². The van der Waals surface area contributed by atoms with E-state index in [1.165, 1.54) is 94.2 Å². The van der Waals surface area contributed by atoms with Gasteiger partial charge in [-0.05, 0) is 134 Å². The normalized spacial score (nSPS) is 21.4. The zero-order valence-corrected chi connectivity index (χ0v) is 39.4. The van der Waals surface area contributed by atoms with Gasteiger partial charge in [0.25, 0.3) is 0 Å². The van der Waals surface area contributed by atoms with E-state index in [0.717, 1.165) is 55.7 Å². The van der Waals surface area contributed by atoms with Gasteiger partial charge in [0.2, 0.25) is 5.96 Å². The van der Waals surface area contributed by atoms with Crippen molar-refractivity contribution in [3.05, 3.63) is 219 Å². The number of hydrogen-bond donors (Lipinski definition) is 0. The third-order valence-electron chi connectivity index (χ3n) is 16.6. The van der Waals surface area contributed by atoms with E-state index in [2.05, 4.69) is 203 Å². The molecule has 0 bridgehead atoms. The number of para-hydroxylation sites is 1. The summed E-state index contributed by atoms with van der Waals surface area (Å²) in [4.78, 5) is 12.0. The fourth-order valence-corrected chi connectivity index (χ4v) is 13.2. The number of fused-ring (bicyclic) bond motifs is 12. The molecule has 1 aromatic heterocycles. The molecule has 3 atom stereocenters. The van der Waals surface area contributed by atoms with Crippen LogP contribution in [0.2, 0.25) is 0 Å². The van der Waals surface area contributed by atoms with Crippen LogP contribution in [0.3, 0.4) is 0 Å². The van der Waals surface area contributed by atoms with Crippen molar-refractivity contribution < 1.29 is 0 Å². The third kappa shape index (κ3) is 6.09. The molecule has 2 heterocycles. The van der Waals surface area contributed by atoms with Gasteiger partial charge in [-0.2, -0.15) is 0 Å². The fraction of sp³-hybridized carbons (Fsp3) is 0.250. The summed E-state index contributed by atoms with van der Waals surface area (Å²) in [6.45, 7) is 12.0. The van der Waals surface area contributed by atoms with E-state index >= 15 is 0 Å². The van der Waals surface area contributed by atoms with Gasteiger partial charge in [0, 0.05) is 27.5 Å². The highest BCUT2D eigenvalue weighted by molar-refractivity contribution is 6.19. The Bertz CT molecular complexity index is 3490. The summed E-state index contributed by atoms with van der Waals surface area (Å²) in [6.07, 6.45) is 11.1. The summed E-state index contributed by atoms with van der Waals surface area (Å²) in [5.41, 5.74) is 23.8. The van der Waals surface area contributed by atoms with Crippen LogP contribution in [-0.2, 0) is 17.3 Å². The highest BCUT2D eigenvalue weighted by atomic mass is 15.2. The van der Waals surface area contributed by atoms with E-state index in [1.807, 2.05) is 0 Å². The Hall–Kier alpha value is -6.84. The largest absolute Gasteiger partial charge is 0.278 e. The first-order valence-corrected chi connectivity index (χ1v) is 24.8. The number of nitrogens with zero attached hydrogens (tertiary/aromatic N) is 3. The molecule has 8 aromatic rings. The molecule has 0 spiro atoms. The van der Waals surface area contributed by atoms with Crippen molar-refractivity contribution in [2.24, 2.45) is 15.9 Å². The van der Waals surface area contributed by atoms with Crippen LogP contribution >= 0.6 is 0 Å². The monoisotopic (exact) mass is 867 g/mol. The Morgan fingerprint density at radius 3 is 2.18 bits per heavy atom. The molecule has 7 aromatic carbocycles. The first-order valence-electron chi connectivity index (χ1n) is 24.8. The van der Waals surface area contributed by atoms with Crippen LogP contribution < -0.4 is 0 Å². The third-order valence-corrected chi connectivity index (χ3v) is 16.6. The number of rotatable bonds is 5. The van der Waals surface area contributed by atoms with Crippen LogP contribution in [0.25, 0.3) is 49.6 Å². The fourth-order valence-electron chi connectivity index (χ4n) is 13.2. The Morgan fingerprint density at radius 1 is 0.627 bits per heavy atom. The minimum absolute atomic E-state index is 0.0891. The standard InChI is InChI=1S/C64H57N3/c1-39-27-36-57(41-29-32-46-45(31-28-40-17-7-6-8-18-40)43-19-9-10-20-44(43)53(46)37-41)65-62(66-60(39)42-30-33-49-47-21-11-14-24-54(47)63(2,3)56(49)38-42)67-58-26-16-13-23-50(58)52-35-34-51-48-22-12-15-25-55(48)64(4,5)59(51)61(52)67/h6-8,10-18,20-26,29-30,32-35,37-39,45,60H,9,19,27-28,31,36H2,1-5H3/b65-57+,66-62?. The van der Waals surface area contributed by atoms with E-state index in [9.17, 15) is 0 Å². The molecule has 3 heteroatoms. The quantitative estimate of drug-likeness (QED) is 0.165. The lowest BCUT2D eigenvalue weighted by atomic mass is 9.80. The molecule has 0 radical (unpaired) electrons. The SMILES string of the molecule is CC1CC/C(c2ccc3c(c2)C2=C(CCC=C2)C3CCc2ccccc2)=N\C(n2c3ccccc3c3ccc4c(c32)C(C)(C)c2ccccc2-4)=NC1c1ccc2c(c1)C(C)(C)c1ccccc1-2. The molecule has 4 aliphatic carbocycles. The molecule has 67 heavy (non-hydrogen) atoms. The van der Waals surface area contributed by atoms with Crippen molar-refractivity contribution in [3.8, 4) is 22.3 Å². The Morgan fingerprint density at radius 2 is 1.34 bits per heavy atom. The summed E-state index contributed by atoms with van der Waals surface area (Å²) in [5, 5.41) is 2.49. The van der Waals surface area contributed by atoms with Crippen LogP contribution in [0.1, 0.15) is 129 Å². The number of allylic oxidation sites excluding steroid dienone is 4. The maximum Gasteiger partial charge on any atom is 0.230 e. The van der Waals surface area contributed by atoms with E-state index in [0.29, 0.717) is 5.92 Å². The zero-order valence-electron chi connectivity index (χ0n) is 39.4. The summed E-state index contributed by atoms with van der Waals surface area (Å²) in [5.74, 6) is 1.48. The average molecular weight is 868 g/mol. The predicted molar refractivity (Wildman–Crippen MR) is 281 cm³/mol. The maximum atomic E-state index is 6.02. The van der Waals surface area contributed by atoms with Gasteiger partial charge in [-0.15, -0.1) is 0 Å². The van der Waals surface area contributed by atoms with E-state index in [4.69, 9.17) is 9.98 Å². The second-order valence-corrected chi connectivity index (χ2v) is 21.1. The van der Waals surface area contributed by atoms with Gasteiger partial charge in [0.1, 0.15) is 0 Å². The van der Waals surface area contributed by atoms with Gasteiger partial charge in [0.05, 0.1) is 22.8 Å². The van der Waals surface area contributed by atoms with Gasteiger partial charge in [-0.1, -0.05) is 192 Å². The van der Waals surface area contributed by atoms with Gasteiger partial charge >= 0.3 is 0 Å². The average Bonchev–Trinajstić information content (AvgIpc) is 4.01. The number of hydrogen-bond acceptors (Lipinski definition) is 2. The van der Waals surface area contributed by atoms with Crippen LogP contribution in [0.15, 0.2) is 179 Å². The highest BCUT2D eigenvalue weighted by Gasteiger charge is 2.40. The van der Waals surface area contributed by atoms with Gasteiger partial charge in [-0.3, -0.25) is 4.57 Å². The molecule has 13 rings (SSSR count). The van der Waals surface area contributed by atoms with Crippen LogP contribution in [0.5, 0.6) is 0 Å². The molecule has 3 nitrogen and oxygen atoms in total. The summed E-state index contributed by atoms with van der Waals surface area (Å²) >= 11 is 0. The topological polar surface area (TPSA) is 29.6 Å². The number of aliphatic imine (C=N–C) groups is 2. The molecule has 3 unspecified atom stereocenters. The molecule has 0 fully saturated rings. The molecular weight excluding hydrogens is 811 g/mol. The van der Waals surface area contributed by atoms with Crippen LogP contribution in [0.4, 0.5) is 0 Å². The molecular formula is C64H57N3. The van der Waals surface area contributed by atoms with E-state index in [1.54, 1.807) is 5.57 Å². The predicted octanol–water partition coefficient (Wildman–Crippen LogP) is 16.1. The van der Waals surface area contributed by atoms with Crippen LogP contribution in [0, 0.1) is 5.92 Å². The lowest BCUT2D eigenvalue weighted by Crippen LogP contribution is -2.23. The highest BCUT2D eigenvalue weighted by Crippen LogP contribution is 2.54. The maximum absolute atomic E-state index is 6.02. The lowest BCUT2D eigenvalue weighted by Gasteiger charge is -2.28. The molecule has 1 aliphatic heterocycles. The molecule has 0 N–H and O–H groups in total. The number of benzene rings is 7. The molecule has 0 amide bonds. The van der Waals surface area contributed by atoms with E-state index < -0.39 is 0 Å². The van der Waals surface area contributed by atoms with Gasteiger partial charge in [-0.25, -0.2) is 9.98 Å². The summed E-state index contributed by atoms with van der Waals surface area (Å²) in [7, 11) is 0. The Labute approximate surface area is 395 Å². The lowest BCUT2D eigenvalue weighted by molar-refractivity contribution is 0.444. The first kappa shape index (κ1) is 40.4. The summed E-state index contributed by atoms with van der Waals surface area (Å²) in [6, 6.07) is 57.2. The smallest absolute Gasteiger partial charge is 0.230 e. The van der Waals surface area contributed by atoms with Crippen molar-refractivity contribution in [1.29, 1.82) is 0 Å². The van der Waals surface area contributed by atoms with Crippen LogP contribution in [-0.4, -0.2) is 16.2 Å². The first-order chi connectivity index (χ1) is 32.7. The number of aromatic nitrogens is 1. The Balaban J connectivity index is 1.02. The Kier molecular flexibility index (Phi) is 9.11. The molecule has 328 valence electrons. The van der Waals surface area contributed by atoms with Gasteiger partial charge < -0.3 is 0 Å². The van der Waals surface area contributed by atoms with Crippen molar-refractivity contribution >= 4 is 39.1 Å². The minimum Gasteiger partial charge on any atom is -0.278 e. The summed E-state index contributed by atoms with van der Waals surface area (Å²) < 4.78 is 2.47. The second kappa shape index (κ2) is 15.1. The number of aryl methyl sites for hydroxylation is 1.